The topological polar surface area (TPSA) is 73.7 Å². The van der Waals surface area contributed by atoms with Crippen molar-refractivity contribution >= 4 is 34.9 Å². The molecule has 1 atom stereocenters. The lowest BCUT2D eigenvalue weighted by molar-refractivity contribution is -0.166. The van der Waals surface area contributed by atoms with E-state index in [0.29, 0.717) is 11.3 Å². The van der Waals surface area contributed by atoms with Gasteiger partial charge >= 0.3 is 5.97 Å². The molecule has 0 fully saturated rings. The van der Waals surface area contributed by atoms with Gasteiger partial charge in [-0.2, -0.15) is 0 Å². The zero-order chi connectivity index (χ0) is 18.9. The fourth-order valence-corrected chi connectivity index (χ4v) is 2.86. The monoisotopic (exact) mass is 397 g/mol. The highest BCUT2D eigenvalue weighted by Gasteiger charge is 2.44. The van der Waals surface area contributed by atoms with Crippen LogP contribution in [0.4, 0.5) is 4.39 Å². The van der Waals surface area contributed by atoms with Crippen LogP contribution in [-0.2, 0) is 14.4 Å². The van der Waals surface area contributed by atoms with Crippen molar-refractivity contribution in [2.24, 2.45) is 5.16 Å². The second kappa shape index (κ2) is 7.17. The molecule has 3 rings (SSSR count). The van der Waals surface area contributed by atoms with E-state index in [1.165, 1.54) is 12.1 Å². The Morgan fingerprint density at radius 1 is 1.31 bits per heavy atom. The number of hydrogen-bond donors (Lipinski definition) is 0. The molecule has 1 aromatic heterocycles. The summed E-state index contributed by atoms with van der Waals surface area (Å²) < 4.78 is 19.4. The summed E-state index contributed by atoms with van der Waals surface area (Å²) in [4.78, 5) is 17.3. The van der Waals surface area contributed by atoms with Crippen molar-refractivity contribution in [1.29, 1.82) is 0 Å². The lowest BCUT2D eigenvalue weighted by Crippen LogP contribution is -2.37. The third-order valence-corrected chi connectivity index (χ3v) is 4.36. The summed E-state index contributed by atoms with van der Waals surface area (Å²) in [6.07, 6.45) is 0.142. The van der Waals surface area contributed by atoms with E-state index in [0.717, 1.165) is 6.07 Å². The largest absolute Gasteiger partial charge is 0.463 e. The summed E-state index contributed by atoms with van der Waals surface area (Å²) in [5, 5.41) is 11.9. The van der Waals surface area contributed by atoms with Crippen molar-refractivity contribution in [2.45, 2.75) is 25.9 Å². The molecule has 0 aliphatic carbocycles. The Balaban J connectivity index is 1.95. The molecule has 0 saturated heterocycles. The zero-order valence-corrected chi connectivity index (χ0v) is 15.4. The third-order valence-electron chi connectivity index (χ3n) is 3.84. The molecule has 0 bridgehead atoms. The van der Waals surface area contributed by atoms with E-state index in [4.69, 9.17) is 32.8 Å². The molecule has 1 unspecified atom stereocenters. The average Bonchev–Trinajstić information content (AvgIpc) is 3.00. The van der Waals surface area contributed by atoms with Gasteiger partial charge in [0.05, 0.1) is 23.0 Å². The fourth-order valence-electron chi connectivity index (χ4n) is 2.50. The van der Waals surface area contributed by atoms with Gasteiger partial charge < -0.3 is 9.57 Å². The minimum absolute atomic E-state index is 0.142. The van der Waals surface area contributed by atoms with Crippen LogP contribution in [0.15, 0.2) is 29.4 Å². The Morgan fingerprint density at radius 2 is 2.08 bits per heavy atom. The SMILES string of the molecule is CCOC(=O)C1(C)CC(c2cc(-c3ccc(Cl)nn3)c(F)cc2Cl)=NO1. The van der Waals surface area contributed by atoms with E-state index < -0.39 is 17.4 Å². The average molecular weight is 398 g/mol. The lowest BCUT2D eigenvalue weighted by Gasteiger charge is -2.18. The Bertz CT molecular complexity index is 890. The summed E-state index contributed by atoms with van der Waals surface area (Å²) in [6.45, 7) is 3.50. The number of oxime groups is 1. The van der Waals surface area contributed by atoms with Crippen molar-refractivity contribution in [1.82, 2.24) is 10.2 Å². The summed E-state index contributed by atoms with van der Waals surface area (Å²) >= 11 is 11.9. The Morgan fingerprint density at radius 3 is 2.73 bits per heavy atom. The molecule has 0 N–H and O–H groups in total. The summed E-state index contributed by atoms with van der Waals surface area (Å²) in [6, 6.07) is 5.70. The first-order valence-electron chi connectivity index (χ1n) is 7.75. The first-order valence-corrected chi connectivity index (χ1v) is 8.51. The summed E-state index contributed by atoms with van der Waals surface area (Å²) in [5.74, 6) is -1.09. The molecule has 0 radical (unpaired) electrons. The fraction of sp³-hybridized carbons (Fsp3) is 0.294. The Kier molecular flexibility index (Phi) is 5.11. The van der Waals surface area contributed by atoms with E-state index in [1.807, 2.05) is 0 Å². The van der Waals surface area contributed by atoms with E-state index in [1.54, 1.807) is 19.9 Å². The first-order chi connectivity index (χ1) is 12.3. The van der Waals surface area contributed by atoms with Crippen LogP contribution in [0, 0.1) is 5.82 Å². The molecule has 1 aromatic carbocycles. The van der Waals surface area contributed by atoms with Crippen LogP contribution >= 0.6 is 23.2 Å². The second-order valence-electron chi connectivity index (χ2n) is 5.81. The van der Waals surface area contributed by atoms with Crippen LogP contribution in [0.25, 0.3) is 11.3 Å². The van der Waals surface area contributed by atoms with Crippen LogP contribution in [0.3, 0.4) is 0 Å². The van der Waals surface area contributed by atoms with Crippen molar-refractivity contribution in [3.8, 4) is 11.3 Å². The molecule has 6 nitrogen and oxygen atoms in total. The highest BCUT2D eigenvalue weighted by molar-refractivity contribution is 6.34. The van der Waals surface area contributed by atoms with Gasteiger partial charge in [-0.1, -0.05) is 28.4 Å². The van der Waals surface area contributed by atoms with Crippen LogP contribution in [-0.4, -0.2) is 34.1 Å². The normalized spacial score (nSPS) is 19.0. The van der Waals surface area contributed by atoms with Gasteiger partial charge in [0, 0.05) is 17.5 Å². The maximum Gasteiger partial charge on any atom is 0.353 e. The highest BCUT2D eigenvalue weighted by atomic mass is 35.5. The molecular weight excluding hydrogens is 384 g/mol. The molecule has 1 aliphatic rings. The van der Waals surface area contributed by atoms with E-state index in [9.17, 15) is 9.18 Å². The van der Waals surface area contributed by atoms with Gasteiger partial charge in [-0.05, 0) is 38.1 Å². The molecular formula is C17H14Cl2FN3O3. The maximum absolute atomic E-state index is 14.4. The second-order valence-corrected chi connectivity index (χ2v) is 6.61. The van der Waals surface area contributed by atoms with Crippen molar-refractivity contribution < 1.29 is 18.8 Å². The van der Waals surface area contributed by atoms with Crippen LogP contribution in [0.2, 0.25) is 10.2 Å². The molecule has 26 heavy (non-hydrogen) atoms. The van der Waals surface area contributed by atoms with E-state index in [2.05, 4.69) is 15.4 Å². The number of aromatic nitrogens is 2. The van der Waals surface area contributed by atoms with Crippen LogP contribution in [0.1, 0.15) is 25.8 Å². The maximum atomic E-state index is 14.4. The van der Waals surface area contributed by atoms with E-state index >= 15 is 0 Å². The molecule has 0 spiro atoms. The Hall–Kier alpha value is -2.25. The number of hydrogen-bond acceptors (Lipinski definition) is 6. The van der Waals surface area contributed by atoms with Crippen LogP contribution in [0.5, 0.6) is 0 Å². The van der Waals surface area contributed by atoms with Crippen LogP contribution < -0.4 is 0 Å². The first kappa shape index (κ1) is 18.5. The predicted molar refractivity (Wildman–Crippen MR) is 94.7 cm³/mol. The Labute approximate surface area is 158 Å². The quantitative estimate of drug-likeness (QED) is 0.727. The minimum Gasteiger partial charge on any atom is -0.463 e. The number of rotatable bonds is 4. The molecule has 2 heterocycles. The van der Waals surface area contributed by atoms with Crippen molar-refractivity contribution in [3.63, 3.8) is 0 Å². The number of benzene rings is 1. The zero-order valence-electron chi connectivity index (χ0n) is 13.9. The highest BCUT2D eigenvalue weighted by Crippen LogP contribution is 2.33. The molecule has 9 heteroatoms. The number of halogens is 3. The lowest BCUT2D eigenvalue weighted by atomic mass is 9.94. The molecule has 1 aliphatic heterocycles. The van der Waals surface area contributed by atoms with E-state index in [-0.39, 0.29) is 34.5 Å². The minimum atomic E-state index is -1.25. The van der Waals surface area contributed by atoms with Crippen molar-refractivity contribution in [2.75, 3.05) is 6.61 Å². The third kappa shape index (κ3) is 3.50. The molecule has 0 amide bonds. The van der Waals surface area contributed by atoms with Gasteiger partial charge in [-0.15, -0.1) is 10.2 Å². The predicted octanol–water partition coefficient (Wildman–Crippen LogP) is 4.04. The number of ether oxygens (including phenoxy) is 1. The van der Waals surface area contributed by atoms with Gasteiger partial charge in [0.25, 0.3) is 0 Å². The smallest absolute Gasteiger partial charge is 0.353 e. The molecule has 136 valence electrons. The molecule has 0 saturated carbocycles. The van der Waals surface area contributed by atoms with Crippen molar-refractivity contribution in [3.05, 3.63) is 45.8 Å². The van der Waals surface area contributed by atoms with Gasteiger partial charge in [-0.25, -0.2) is 9.18 Å². The van der Waals surface area contributed by atoms with Gasteiger partial charge in [0.1, 0.15) is 5.82 Å². The van der Waals surface area contributed by atoms with Gasteiger partial charge in [0.15, 0.2) is 5.15 Å². The number of nitrogens with zero attached hydrogens (tertiary/aromatic N) is 3. The molecule has 2 aromatic rings. The van der Waals surface area contributed by atoms with Gasteiger partial charge in [-0.3, -0.25) is 0 Å². The standard InChI is InChI=1S/C17H14Cl2FN3O3/c1-3-25-16(24)17(2)8-14(23-26-17)9-6-10(12(20)7-11(9)18)13-4-5-15(19)22-21-13/h4-7H,3,8H2,1-2H3. The number of carbonyl (C=O) groups excluding carboxylic acids is 1. The number of esters is 1. The number of carbonyl (C=O) groups is 1. The summed E-state index contributed by atoms with van der Waals surface area (Å²) in [5.41, 5.74) is 0.0728. The van der Waals surface area contributed by atoms with Gasteiger partial charge in [0.2, 0.25) is 5.60 Å². The summed E-state index contributed by atoms with van der Waals surface area (Å²) in [7, 11) is 0.